The number of carbonyl (C=O) groups is 1. The zero-order valence-electron chi connectivity index (χ0n) is 16.0. The van der Waals surface area contributed by atoms with Gasteiger partial charge in [-0.05, 0) is 57.0 Å². The van der Waals surface area contributed by atoms with Crippen molar-refractivity contribution in [2.75, 3.05) is 10.0 Å². The Hall–Kier alpha value is -2.71. The Morgan fingerprint density at radius 3 is 2.39 bits per heavy atom. The SMILES string of the molecule is Cc1cccc(NC(=O)c2sc(NS(=O)(=O)c3ccc(C)cc3C)nc2C)c1. The van der Waals surface area contributed by atoms with Crippen LogP contribution in [0, 0.1) is 27.7 Å². The highest BCUT2D eigenvalue weighted by Gasteiger charge is 2.21. The number of nitrogens with one attached hydrogen (secondary N) is 2. The van der Waals surface area contributed by atoms with Crippen molar-refractivity contribution in [2.45, 2.75) is 32.6 Å². The van der Waals surface area contributed by atoms with Gasteiger partial charge >= 0.3 is 0 Å². The molecule has 0 aliphatic carbocycles. The van der Waals surface area contributed by atoms with E-state index in [1.165, 1.54) is 0 Å². The topological polar surface area (TPSA) is 88.2 Å². The summed E-state index contributed by atoms with van der Waals surface area (Å²) in [5.74, 6) is -0.322. The van der Waals surface area contributed by atoms with Gasteiger partial charge in [0.05, 0.1) is 10.6 Å². The first-order valence-electron chi connectivity index (χ1n) is 8.61. The molecule has 0 radical (unpaired) electrons. The van der Waals surface area contributed by atoms with E-state index in [9.17, 15) is 13.2 Å². The molecule has 28 heavy (non-hydrogen) atoms. The average molecular weight is 416 g/mol. The van der Waals surface area contributed by atoms with Crippen molar-refractivity contribution in [3.63, 3.8) is 0 Å². The van der Waals surface area contributed by atoms with Crippen LogP contribution < -0.4 is 10.0 Å². The van der Waals surface area contributed by atoms with Crippen molar-refractivity contribution in [2.24, 2.45) is 0 Å². The third-order valence-corrected chi connectivity index (χ3v) is 6.82. The van der Waals surface area contributed by atoms with E-state index in [2.05, 4.69) is 15.0 Å². The molecule has 1 aromatic heterocycles. The normalized spacial score (nSPS) is 11.3. The van der Waals surface area contributed by atoms with Gasteiger partial charge in [-0.2, -0.15) is 0 Å². The van der Waals surface area contributed by atoms with Gasteiger partial charge in [0, 0.05) is 5.69 Å². The highest BCUT2D eigenvalue weighted by molar-refractivity contribution is 7.93. The van der Waals surface area contributed by atoms with Gasteiger partial charge in [0.15, 0.2) is 5.13 Å². The third kappa shape index (κ3) is 4.40. The minimum absolute atomic E-state index is 0.159. The van der Waals surface area contributed by atoms with Crippen LogP contribution in [0.4, 0.5) is 10.8 Å². The number of sulfonamides is 1. The molecule has 2 aromatic carbocycles. The fourth-order valence-corrected chi connectivity index (χ4v) is 5.16. The van der Waals surface area contributed by atoms with Crippen LogP contribution in [0.5, 0.6) is 0 Å². The molecule has 2 N–H and O–H groups in total. The summed E-state index contributed by atoms with van der Waals surface area (Å²) in [5, 5.41) is 2.98. The lowest BCUT2D eigenvalue weighted by atomic mass is 10.2. The molecule has 0 saturated carbocycles. The zero-order valence-corrected chi connectivity index (χ0v) is 17.7. The number of hydrogen-bond donors (Lipinski definition) is 2. The number of benzene rings is 2. The molecule has 1 amide bonds. The van der Waals surface area contributed by atoms with Gasteiger partial charge in [-0.15, -0.1) is 0 Å². The third-order valence-electron chi connectivity index (χ3n) is 4.12. The van der Waals surface area contributed by atoms with Crippen molar-refractivity contribution in [3.05, 3.63) is 69.7 Å². The number of aromatic nitrogens is 1. The average Bonchev–Trinajstić information content (AvgIpc) is 2.94. The Morgan fingerprint density at radius 1 is 1.00 bits per heavy atom. The highest BCUT2D eigenvalue weighted by Crippen LogP contribution is 2.27. The summed E-state index contributed by atoms with van der Waals surface area (Å²) in [6.45, 7) is 7.26. The molecular weight excluding hydrogens is 394 g/mol. The van der Waals surface area contributed by atoms with Crippen molar-refractivity contribution < 1.29 is 13.2 Å². The molecule has 146 valence electrons. The molecule has 3 aromatic rings. The Balaban J connectivity index is 1.82. The van der Waals surface area contributed by atoms with Gasteiger partial charge in [0.2, 0.25) is 0 Å². The molecule has 1 heterocycles. The van der Waals surface area contributed by atoms with Crippen LogP contribution in [0.3, 0.4) is 0 Å². The number of amides is 1. The monoisotopic (exact) mass is 415 g/mol. The minimum atomic E-state index is -3.79. The van der Waals surface area contributed by atoms with Gasteiger partial charge in [-0.3, -0.25) is 9.52 Å². The molecule has 3 rings (SSSR count). The maximum Gasteiger partial charge on any atom is 0.267 e. The van der Waals surface area contributed by atoms with Crippen LogP contribution in [0.15, 0.2) is 47.4 Å². The lowest BCUT2D eigenvalue weighted by Crippen LogP contribution is -2.14. The number of carbonyl (C=O) groups excluding carboxylic acids is 1. The van der Waals surface area contributed by atoms with Crippen LogP contribution in [0.25, 0.3) is 0 Å². The quantitative estimate of drug-likeness (QED) is 0.645. The number of anilines is 2. The van der Waals surface area contributed by atoms with E-state index >= 15 is 0 Å². The lowest BCUT2D eigenvalue weighted by Gasteiger charge is -2.08. The maximum atomic E-state index is 12.7. The first-order chi connectivity index (χ1) is 13.2. The highest BCUT2D eigenvalue weighted by atomic mass is 32.2. The van der Waals surface area contributed by atoms with Gasteiger partial charge < -0.3 is 5.32 Å². The second-order valence-corrected chi connectivity index (χ2v) is 9.28. The summed E-state index contributed by atoms with van der Waals surface area (Å²) in [7, 11) is -3.79. The number of hydrogen-bond acceptors (Lipinski definition) is 5. The molecule has 0 aliphatic rings. The first kappa shape index (κ1) is 20.0. The largest absolute Gasteiger partial charge is 0.321 e. The molecule has 0 aliphatic heterocycles. The second-order valence-electron chi connectivity index (χ2n) is 6.63. The lowest BCUT2D eigenvalue weighted by molar-refractivity contribution is 0.103. The molecule has 0 bridgehead atoms. The van der Waals surface area contributed by atoms with E-state index in [0.717, 1.165) is 22.5 Å². The first-order valence-corrected chi connectivity index (χ1v) is 10.9. The predicted molar refractivity (Wildman–Crippen MR) is 113 cm³/mol. The van der Waals surface area contributed by atoms with Crippen LogP contribution in [0.1, 0.15) is 32.1 Å². The summed E-state index contributed by atoms with van der Waals surface area (Å²) in [6, 6.07) is 12.6. The molecule has 8 heteroatoms. The number of thiazole rings is 1. The van der Waals surface area contributed by atoms with Gasteiger partial charge in [-0.25, -0.2) is 13.4 Å². The summed E-state index contributed by atoms with van der Waals surface area (Å²) in [5.41, 5.74) is 3.80. The second kappa shape index (κ2) is 7.73. The predicted octanol–water partition coefficient (Wildman–Crippen LogP) is 4.43. The van der Waals surface area contributed by atoms with E-state index in [-0.39, 0.29) is 15.9 Å². The van der Waals surface area contributed by atoms with Crippen molar-refractivity contribution >= 4 is 38.1 Å². The Kier molecular flexibility index (Phi) is 5.53. The van der Waals surface area contributed by atoms with E-state index < -0.39 is 10.0 Å². The fraction of sp³-hybridized carbons (Fsp3) is 0.200. The summed E-state index contributed by atoms with van der Waals surface area (Å²) in [4.78, 5) is 17.3. The zero-order chi connectivity index (χ0) is 20.5. The van der Waals surface area contributed by atoms with Crippen LogP contribution >= 0.6 is 11.3 Å². The molecule has 0 spiro atoms. The van der Waals surface area contributed by atoms with E-state index in [1.54, 1.807) is 32.0 Å². The standard InChI is InChI=1S/C20H21N3O3S2/c1-12-6-5-7-16(11-12)22-19(24)18-15(4)21-20(27-18)23-28(25,26)17-9-8-13(2)10-14(17)3/h5-11H,1-4H3,(H,21,23)(H,22,24). The number of aryl methyl sites for hydroxylation is 4. The summed E-state index contributed by atoms with van der Waals surface area (Å²) >= 11 is 1.01. The molecule has 0 atom stereocenters. The number of rotatable bonds is 5. The molecule has 0 saturated heterocycles. The van der Waals surface area contributed by atoms with E-state index in [1.807, 2.05) is 38.1 Å². The molecular formula is C20H21N3O3S2. The fourth-order valence-electron chi connectivity index (χ4n) is 2.83. The summed E-state index contributed by atoms with van der Waals surface area (Å²) < 4.78 is 27.9. The van der Waals surface area contributed by atoms with E-state index in [4.69, 9.17) is 0 Å². The Labute approximate surface area is 168 Å². The molecule has 0 fully saturated rings. The Bertz CT molecular complexity index is 1150. The van der Waals surface area contributed by atoms with Crippen molar-refractivity contribution in [1.29, 1.82) is 0 Å². The van der Waals surface area contributed by atoms with Crippen molar-refractivity contribution in [3.8, 4) is 0 Å². The van der Waals surface area contributed by atoms with Gasteiger partial charge in [-0.1, -0.05) is 41.2 Å². The molecule has 6 nitrogen and oxygen atoms in total. The molecule has 0 unspecified atom stereocenters. The van der Waals surface area contributed by atoms with Crippen LogP contribution in [0.2, 0.25) is 0 Å². The van der Waals surface area contributed by atoms with Crippen LogP contribution in [-0.4, -0.2) is 19.3 Å². The van der Waals surface area contributed by atoms with Crippen molar-refractivity contribution in [1.82, 2.24) is 4.98 Å². The van der Waals surface area contributed by atoms with E-state index in [0.29, 0.717) is 21.8 Å². The summed E-state index contributed by atoms with van der Waals surface area (Å²) in [6.07, 6.45) is 0. The number of nitrogens with zero attached hydrogens (tertiary/aromatic N) is 1. The van der Waals surface area contributed by atoms with Gasteiger partial charge in [0.25, 0.3) is 15.9 Å². The Morgan fingerprint density at radius 2 is 1.71 bits per heavy atom. The minimum Gasteiger partial charge on any atom is -0.321 e. The smallest absolute Gasteiger partial charge is 0.267 e. The maximum absolute atomic E-state index is 12.7. The van der Waals surface area contributed by atoms with Crippen LogP contribution in [-0.2, 0) is 10.0 Å². The van der Waals surface area contributed by atoms with Gasteiger partial charge in [0.1, 0.15) is 4.88 Å².